The molecule has 0 aromatic heterocycles. The number of carbonyl (C=O) groups is 1. The van der Waals surface area contributed by atoms with Crippen LogP contribution in [0.15, 0.2) is 0 Å². The van der Waals surface area contributed by atoms with Gasteiger partial charge in [-0.3, -0.25) is 4.79 Å². The van der Waals surface area contributed by atoms with Crippen molar-refractivity contribution < 1.29 is 4.79 Å². The molecule has 0 aromatic rings. The summed E-state index contributed by atoms with van der Waals surface area (Å²) in [4.78, 5) is 9.22. The highest BCUT2D eigenvalue weighted by atomic mass is 16.1. The summed E-state index contributed by atoms with van der Waals surface area (Å²) in [6, 6.07) is 0. The van der Waals surface area contributed by atoms with Gasteiger partial charge >= 0.3 is 0 Å². The van der Waals surface area contributed by atoms with E-state index in [2.05, 4.69) is 26.5 Å². The van der Waals surface area contributed by atoms with Gasteiger partial charge in [0.15, 0.2) is 0 Å². The quantitative estimate of drug-likeness (QED) is 0.597. The average Bonchev–Trinajstić information content (AvgIpc) is 2.10. The van der Waals surface area contributed by atoms with Crippen molar-refractivity contribution in [1.29, 1.82) is 0 Å². The second kappa shape index (κ2) is 4.48. The minimum atomic E-state index is -0.333. The first-order valence-electron chi connectivity index (χ1n) is 4.62. The zero-order chi connectivity index (χ0) is 9.78. The molecule has 2 N–H and O–H groups in total. The van der Waals surface area contributed by atoms with Crippen LogP contribution >= 0.6 is 0 Å². The van der Waals surface area contributed by atoms with Crippen molar-refractivity contribution in [2.45, 2.75) is 47.0 Å². The van der Waals surface area contributed by atoms with Crippen LogP contribution in [-0.4, -0.2) is 5.91 Å². The summed E-state index contributed by atoms with van der Waals surface area (Å²) in [5, 5.41) is 0. The van der Waals surface area contributed by atoms with Crippen molar-refractivity contribution in [2.24, 2.45) is 17.1 Å². The van der Waals surface area contributed by atoms with Gasteiger partial charge in [0.25, 0.3) is 0 Å². The third kappa shape index (κ3) is 4.37. The van der Waals surface area contributed by atoms with Crippen LogP contribution < -0.4 is 5.73 Å². The Morgan fingerprint density at radius 3 is 2.00 bits per heavy atom. The van der Waals surface area contributed by atoms with Crippen molar-refractivity contribution in [1.82, 2.24) is 0 Å². The lowest BCUT2D eigenvalue weighted by Gasteiger charge is -2.22. The van der Waals surface area contributed by atoms with Gasteiger partial charge in [-0.25, -0.2) is 0 Å². The van der Waals surface area contributed by atoms with Gasteiger partial charge in [-0.1, -0.05) is 33.6 Å². The molecule has 1 aliphatic rings. The van der Waals surface area contributed by atoms with Crippen molar-refractivity contribution in [3.8, 4) is 0 Å². The Labute approximate surface area is 75.5 Å². The molecular weight excluding hydrogens is 150 g/mol. The molecule has 0 spiro atoms. The fourth-order valence-electron chi connectivity index (χ4n) is 1.50. The van der Waals surface area contributed by atoms with Gasteiger partial charge in [0, 0.05) is 6.92 Å². The zero-order valence-corrected chi connectivity index (χ0v) is 8.68. The number of hydrogen-bond donors (Lipinski definition) is 1. The lowest BCUT2D eigenvalue weighted by Crippen LogP contribution is -2.13. The first-order valence-corrected chi connectivity index (χ1v) is 4.62. The van der Waals surface area contributed by atoms with E-state index in [4.69, 9.17) is 0 Å². The highest BCUT2D eigenvalue weighted by molar-refractivity contribution is 5.70. The van der Waals surface area contributed by atoms with Crippen LogP contribution in [0.25, 0.3) is 0 Å². The van der Waals surface area contributed by atoms with Gasteiger partial charge in [-0.05, 0) is 17.8 Å². The molecule has 0 heterocycles. The van der Waals surface area contributed by atoms with E-state index >= 15 is 0 Å². The minimum absolute atomic E-state index is 0.333. The lowest BCUT2D eigenvalue weighted by molar-refractivity contribution is -0.115. The van der Waals surface area contributed by atoms with Gasteiger partial charge in [-0.2, -0.15) is 0 Å². The van der Waals surface area contributed by atoms with Gasteiger partial charge < -0.3 is 5.73 Å². The SMILES string of the molecule is CC(N)=O.CC1CCCC1(C)C. The number of hydrogen-bond acceptors (Lipinski definition) is 1. The summed E-state index contributed by atoms with van der Waals surface area (Å²) in [6.07, 6.45) is 4.34. The number of primary amides is 1. The number of rotatable bonds is 0. The topological polar surface area (TPSA) is 43.1 Å². The Morgan fingerprint density at radius 1 is 1.50 bits per heavy atom. The standard InChI is InChI=1S/C8H16.C2H5NO/c1-7-5-4-6-8(7,2)3;1-2(3)4/h7H,4-6H2,1-3H3;1H3,(H2,3,4). The highest BCUT2D eigenvalue weighted by Gasteiger charge is 2.30. The first kappa shape index (κ1) is 11.5. The second-order valence-electron chi connectivity index (χ2n) is 4.39. The molecule has 1 amide bonds. The fourth-order valence-corrected chi connectivity index (χ4v) is 1.50. The molecule has 1 fully saturated rings. The molecule has 0 aliphatic heterocycles. The molecular formula is C10H21NO. The van der Waals surface area contributed by atoms with E-state index in [1.807, 2.05) is 0 Å². The monoisotopic (exact) mass is 171 g/mol. The van der Waals surface area contributed by atoms with Gasteiger partial charge in [0.05, 0.1) is 0 Å². The largest absolute Gasteiger partial charge is 0.370 e. The fraction of sp³-hybridized carbons (Fsp3) is 0.900. The second-order valence-corrected chi connectivity index (χ2v) is 4.39. The molecule has 72 valence electrons. The predicted molar refractivity (Wildman–Crippen MR) is 51.7 cm³/mol. The van der Waals surface area contributed by atoms with E-state index in [0.717, 1.165) is 5.92 Å². The van der Waals surface area contributed by atoms with Crippen LogP contribution in [-0.2, 0) is 4.79 Å². The minimum Gasteiger partial charge on any atom is -0.370 e. The Hall–Kier alpha value is -0.530. The van der Waals surface area contributed by atoms with Crippen LogP contribution in [0.4, 0.5) is 0 Å². The van der Waals surface area contributed by atoms with E-state index in [-0.39, 0.29) is 5.91 Å². The maximum Gasteiger partial charge on any atom is 0.214 e. The van der Waals surface area contributed by atoms with E-state index < -0.39 is 0 Å². The molecule has 1 saturated carbocycles. The Kier molecular flexibility index (Phi) is 4.29. The van der Waals surface area contributed by atoms with Crippen LogP contribution in [0.5, 0.6) is 0 Å². The smallest absolute Gasteiger partial charge is 0.214 e. The molecule has 1 rings (SSSR count). The molecule has 2 nitrogen and oxygen atoms in total. The number of nitrogens with two attached hydrogens (primary N) is 1. The molecule has 2 heteroatoms. The van der Waals surface area contributed by atoms with E-state index in [1.54, 1.807) is 0 Å². The van der Waals surface area contributed by atoms with Crippen molar-refractivity contribution >= 4 is 5.91 Å². The zero-order valence-electron chi connectivity index (χ0n) is 8.68. The Morgan fingerprint density at radius 2 is 1.92 bits per heavy atom. The van der Waals surface area contributed by atoms with E-state index in [0.29, 0.717) is 5.41 Å². The summed E-state index contributed by atoms with van der Waals surface area (Å²) < 4.78 is 0. The third-order valence-corrected chi connectivity index (χ3v) is 2.79. The molecule has 12 heavy (non-hydrogen) atoms. The van der Waals surface area contributed by atoms with Gasteiger partial charge in [-0.15, -0.1) is 0 Å². The number of amides is 1. The summed E-state index contributed by atoms with van der Waals surface area (Å²) in [5.41, 5.74) is 5.12. The summed E-state index contributed by atoms with van der Waals surface area (Å²) in [6.45, 7) is 8.43. The third-order valence-electron chi connectivity index (χ3n) is 2.79. The Balaban J connectivity index is 0.000000261. The first-order chi connectivity index (χ1) is 5.36. The van der Waals surface area contributed by atoms with E-state index in [9.17, 15) is 4.79 Å². The highest BCUT2D eigenvalue weighted by Crippen LogP contribution is 2.41. The molecule has 0 saturated heterocycles. The maximum absolute atomic E-state index is 9.22. The summed E-state index contributed by atoms with van der Waals surface area (Å²) in [5.74, 6) is 0.627. The van der Waals surface area contributed by atoms with Crippen LogP contribution in [0.1, 0.15) is 47.0 Å². The number of carbonyl (C=O) groups excluding carboxylic acids is 1. The van der Waals surface area contributed by atoms with Crippen LogP contribution in [0, 0.1) is 11.3 Å². The molecule has 1 atom stereocenters. The normalized spacial score (nSPS) is 25.8. The van der Waals surface area contributed by atoms with Gasteiger partial charge in [0.1, 0.15) is 0 Å². The van der Waals surface area contributed by atoms with Crippen LogP contribution in [0.3, 0.4) is 0 Å². The molecule has 1 aliphatic carbocycles. The molecule has 1 unspecified atom stereocenters. The van der Waals surface area contributed by atoms with Gasteiger partial charge in [0.2, 0.25) is 5.91 Å². The summed E-state index contributed by atoms with van der Waals surface area (Å²) >= 11 is 0. The molecule has 0 aromatic carbocycles. The predicted octanol–water partition coefficient (Wildman–Crippen LogP) is 2.32. The molecule has 0 bridgehead atoms. The molecule has 0 radical (unpaired) electrons. The van der Waals surface area contributed by atoms with Crippen LogP contribution in [0.2, 0.25) is 0 Å². The van der Waals surface area contributed by atoms with E-state index in [1.165, 1.54) is 26.2 Å². The van der Waals surface area contributed by atoms with Crippen molar-refractivity contribution in [2.75, 3.05) is 0 Å². The van der Waals surface area contributed by atoms with Crippen molar-refractivity contribution in [3.05, 3.63) is 0 Å². The Bertz CT molecular complexity index is 148. The lowest BCUT2D eigenvalue weighted by atomic mass is 9.83. The summed E-state index contributed by atoms with van der Waals surface area (Å²) in [7, 11) is 0. The van der Waals surface area contributed by atoms with Crippen molar-refractivity contribution in [3.63, 3.8) is 0 Å². The average molecular weight is 171 g/mol. The maximum atomic E-state index is 9.22.